The maximum Gasteiger partial charge on any atom is 0.410 e. The Hall–Kier alpha value is -3.55. The molecule has 0 radical (unpaired) electrons. The molecule has 0 atom stereocenters. The van der Waals surface area contributed by atoms with E-state index in [1.54, 1.807) is 20.8 Å². The zero-order valence-corrected chi connectivity index (χ0v) is 19.2. The maximum atomic E-state index is 12.9. The van der Waals surface area contributed by atoms with Crippen LogP contribution in [0.1, 0.15) is 37.8 Å². The first-order valence-corrected chi connectivity index (χ1v) is 10.8. The van der Waals surface area contributed by atoms with Crippen molar-refractivity contribution in [3.63, 3.8) is 0 Å². The Labute approximate surface area is 192 Å². The molecule has 0 aromatic heterocycles. The first kappa shape index (κ1) is 22.6. The van der Waals surface area contributed by atoms with E-state index in [9.17, 15) is 19.5 Å². The molecule has 1 saturated heterocycles. The Kier molecular flexibility index (Phi) is 5.56. The number of carbonyl (C=O) groups excluding carboxylic acids is 2. The minimum Gasteiger partial charge on any atom is -0.479 e. The molecule has 2 aromatic rings. The monoisotopic (exact) mass is 452 g/mol. The number of amides is 2. The van der Waals surface area contributed by atoms with Crippen LogP contribution in [-0.2, 0) is 14.3 Å². The number of likely N-dealkylation sites (N-methyl/N-ethyl adjacent to an activating group) is 1. The highest BCUT2D eigenvalue weighted by Crippen LogP contribution is 2.44. The molecule has 4 rings (SSSR count). The lowest BCUT2D eigenvalue weighted by molar-refractivity contribution is -0.160. The number of rotatable bonds is 4. The molecular weight excluding hydrogens is 424 g/mol. The van der Waals surface area contributed by atoms with Crippen molar-refractivity contribution >= 4 is 18.2 Å². The van der Waals surface area contributed by atoms with Crippen molar-refractivity contribution in [2.45, 2.75) is 37.8 Å². The second-order valence-electron chi connectivity index (χ2n) is 9.54. The van der Waals surface area contributed by atoms with E-state index < -0.39 is 29.3 Å². The summed E-state index contributed by atoms with van der Waals surface area (Å²) in [6.07, 6.45) is -1.36. The van der Waals surface area contributed by atoms with E-state index in [1.165, 1.54) is 11.9 Å². The fourth-order valence-electron chi connectivity index (χ4n) is 4.40. The van der Waals surface area contributed by atoms with Crippen LogP contribution < -0.4 is 0 Å². The average molecular weight is 453 g/mol. The number of carbonyl (C=O) groups is 3. The highest BCUT2D eigenvalue weighted by Gasteiger charge is 2.57. The van der Waals surface area contributed by atoms with Crippen LogP contribution in [0, 0.1) is 0 Å². The number of hydrogen-bond donors (Lipinski definition) is 1. The molecule has 1 aliphatic carbocycles. The zero-order chi connectivity index (χ0) is 24.0. The maximum absolute atomic E-state index is 12.9. The summed E-state index contributed by atoms with van der Waals surface area (Å²) in [5, 5.41) is 9.85. The number of likely N-dealkylation sites (tertiary alicyclic amines) is 1. The highest BCUT2D eigenvalue weighted by atomic mass is 16.6. The van der Waals surface area contributed by atoms with Gasteiger partial charge in [0.2, 0.25) is 0 Å². The number of carboxylic acid groups (broad SMARTS) is 1. The van der Waals surface area contributed by atoms with Gasteiger partial charge in [0.25, 0.3) is 0 Å². The molecule has 0 bridgehead atoms. The van der Waals surface area contributed by atoms with E-state index in [1.807, 2.05) is 48.5 Å². The Balaban J connectivity index is 1.45. The van der Waals surface area contributed by atoms with Crippen molar-refractivity contribution < 1.29 is 29.0 Å². The second-order valence-corrected chi connectivity index (χ2v) is 9.54. The van der Waals surface area contributed by atoms with E-state index in [0.29, 0.717) is 0 Å². The van der Waals surface area contributed by atoms with Gasteiger partial charge in [-0.05, 0) is 43.0 Å². The Morgan fingerprint density at radius 2 is 1.55 bits per heavy atom. The van der Waals surface area contributed by atoms with Crippen molar-refractivity contribution in [2.75, 3.05) is 26.7 Å². The van der Waals surface area contributed by atoms with E-state index >= 15 is 0 Å². The summed E-state index contributed by atoms with van der Waals surface area (Å²) in [5.41, 5.74) is 2.10. The van der Waals surface area contributed by atoms with Crippen LogP contribution in [0.25, 0.3) is 11.1 Å². The first-order valence-electron chi connectivity index (χ1n) is 10.8. The third-order valence-electron chi connectivity index (χ3n) is 6.21. The van der Waals surface area contributed by atoms with E-state index in [0.717, 1.165) is 27.2 Å². The number of aliphatic carboxylic acids is 1. The molecule has 1 fully saturated rings. The van der Waals surface area contributed by atoms with Gasteiger partial charge >= 0.3 is 18.2 Å². The van der Waals surface area contributed by atoms with Gasteiger partial charge in [0.05, 0.1) is 13.1 Å². The van der Waals surface area contributed by atoms with Crippen LogP contribution in [0.4, 0.5) is 9.59 Å². The first-order chi connectivity index (χ1) is 15.5. The van der Waals surface area contributed by atoms with Gasteiger partial charge in [0, 0.05) is 13.0 Å². The molecule has 1 aliphatic heterocycles. The molecule has 0 unspecified atom stereocenters. The van der Waals surface area contributed by atoms with Gasteiger partial charge in [-0.15, -0.1) is 0 Å². The topological polar surface area (TPSA) is 96.4 Å². The molecule has 1 heterocycles. The zero-order valence-electron chi connectivity index (χ0n) is 19.2. The predicted molar refractivity (Wildman–Crippen MR) is 121 cm³/mol. The lowest BCUT2D eigenvalue weighted by atomic mass is 9.88. The number of hydrogen-bond acceptors (Lipinski definition) is 5. The van der Waals surface area contributed by atoms with Crippen LogP contribution in [0.5, 0.6) is 0 Å². The summed E-state index contributed by atoms with van der Waals surface area (Å²) in [6, 6.07) is 16.0. The van der Waals surface area contributed by atoms with Gasteiger partial charge in [-0.3, -0.25) is 4.90 Å². The largest absolute Gasteiger partial charge is 0.479 e. The lowest BCUT2D eigenvalue weighted by Gasteiger charge is -2.50. The molecule has 174 valence electrons. The summed E-state index contributed by atoms with van der Waals surface area (Å²) in [7, 11) is 1.39. The standard InChI is InChI=1S/C25H28N2O6/c1-24(2,3)33-23(31)27-14-25(15-27,21(28)29)26(4)22(30)32-13-20-18-11-7-5-9-16(18)17-10-6-8-12-19(17)20/h5-12,20H,13-15H2,1-4H3,(H,28,29). The normalized spacial score (nSPS) is 16.3. The third-order valence-corrected chi connectivity index (χ3v) is 6.21. The molecule has 2 aliphatic rings. The molecule has 8 nitrogen and oxygen atoms in total. The summed E-state index contributed by atoms with van der Waals surface area (Å²) in [4.78, 5) is 39.5. The number of fused-ring (bicyclic) bond motifs is 3. The smallest absolute Gasteiger partial charge is 0.410 e. The van der Waals surface area contributed by atoms with Crippen molar-refractivity contribution in [1.82, 2.24) is 9.80 Å². The minimum absolute atomic E-state index is 0.0860. The van der Waals surface area contributed by atoms with Crippen LogP contribution in [0.2, 0.25) is 0 Å². The fourth-order valence-corrected chi connectivity index (χ4v) is 4.40. The van der Waals surface area contributed by atoms with Crippen LogP contribution in [-0.4, -0.2) is 70.9 Å². The SMILES string of the molecule is CN(C(=O)OCC1c2ccccc2-c2ccccc21)C1(C(=O)O)CN(C(=O)OC(C)(C)C)C1. The third kappa shape index (κ3) is 4.01. The van der Waals surface area contributed by atoms with Crippen molar-refractivity contribution in [3.8, 4) is 11.1 Å². The summed E-state index contributed by atoms with van der Waals surface area (Å²) in [6.45, 7) is 4.95. The number of carboxylic acids is 1. The lowest BCUT2D eigenvalue weighted by Crippen LogP contribution is -2.75. The van der Waals surface area contributed by atoms with E-state index in [2.05, 4.69) is 0 Å². The van der Waals surface area contributed by atoms with Crippen molar-refractivity contribution in [2.24, 2.45) is 0 Å². The predicted octanol–water partition coefficient (Wildman–Crippen LogP) is 3.94. The molecule has 33 heavy (non-hydrogen) atoms. The van der Waals surface area contributed by atoms with Gasteiger partial charge in [-0.2, -0.15) is 0 Å². The van der Waals surface area contributed by atoms with Gasteiger partial charge in [0.15, 0.2) is 5.54 Å². The van der Waals surface area contributed by atoms with E-state index in [-0.39, 0.29) is 25.6 Å². The summed E-state index contributed by atoms with van der Waals surface area (Å²) in [5.74, 6) is -1.33. The van der Waals surface area contributed by atoms with E-state index in [4.69, 9.17) is 9.47 Å². The molecule has 0 saturated carbocycles. The summed E-state index contributed by atoms with van der Waals surface area (Å²) < 4.78 is 10.9. The number of ether oxygens (including phenoxy) is 2. The number of benzene rings is 2. The molecule has 1 N–H and O–H groups in total. The molecule has 2 aromatic carbocycles. The van der Waals surface area contributed by atoms with Gasteiger partial charge < -0.3 is 19.5 Å². The number of nitrogens with zero attached hydrogens (tertiary/aromatic N) is 2. The quantitative estimate of drug-likeness (QED) is 0.755. The second kappa shape index (κ2) is 8.10. The Morgan fingerprint density at radius 1 is 1.03 bits per heavy atom. The molecule has 2 amide bonds. The van der Waals surface area contributed by atoms with Crippen LogP contribution >= 0.6 is 0 Å². The minimum atomic E-state index is -1.56. The molecular formula is C25H28N2O6. The average Bonchev–Trinajstić information content (AvgIpc) is 3.03. The van der Waals surface area contributed by atoms with Gasteiger partial charge in [-0.25, -0.2) is 14.4 Å². The highest BCUT2D eigenvalue weighted by molar-refractivity contribution is 5.88. The van der Waals surface area contributed by atoms with Crippen LogP contribution in [0.15, 0.2) is 48.5 Å². The van der Waals surface area contributed by atoms with Gasteiger partial charge in [0.1, 0.15) is 12.2 Å². The Morgan fingerprint density at radius 3 is 2.03 bits per heavy atom. The fraction of sp³-hybridized carbons (Fsp3) is 0.400. The Bertz CT molecular complexity index is 1050. The summed E-state index contributed by atoms with van der Waals surface area (Å²) >= 11 is 0. The van der Waals surface area contributed by atoms with Crippen LogP contribution in [0.3, 0.4) is 0 Å². The van der Waals surface area contributed by atoms with Gasteiger partial charge in [-0.1, -0.05) is 48.5 Å². The van der Waals surface area contributed by atoms with Crippen molar-refractivity contribution in [1.29, 1.82) is 0 Å². The molecule has 0 spiro atoms. The van der Waals surface area contributed by atoms with Crippen molar-refractivity contribution in [3.05, 3.63) is 59.7 Å². The molecule has 8 heteroatoms.